The summed E-state index contributed by atoms with van der Waals surface area (Å²) in [6.07, 6.45) is 0. The van der Waals surface area contributed by atoms with Gasteiger partial charge in [0.25, 0.3) is 0 Å². The number of pyridine rings is 1. The van der Waals surface area contributed by atoms with Gasteiger partial charge in [0.05, 0.1) is 31.4 Å². The average Bonchev–Trinajstić information content (AvgIpc) is 2.16. The second kappa shape index (κ2) is 3.25. The Hall–Kier alpha value is -1.49. The molecule has 3 rings (SSSR count). The molecular weight excluding hydrogens is 206 g/mol. The minimum Gasteiger partial charge on any atom is -0.479 e. The molecule has 2 N–H and O–H groups in total. The monoisotopic (exact) mass is 221 g/mol. The second-order valence-corrected chi connectivity index (χ2v) is 4.62. The number of methoxy groups -OCH3 is 1. The standard InChI is InChI=1S/C11H15N3O2/c1-15-10-8(12)2-3-9(13-10)14-4-11(5-14)6-16-7-11/h2-3H,4-7,12H2,1H3. The number of nitrogen functional groups attached to an aromatic ring is 1. The van der Waals surface area contributed by atoms with Crippen LogP contribution in [0.3, 0.4) is 0 Å². The summed E-state index contributed by atoms with van der Waals surface area (Å²) in [6, 6.07) is 3.77. The average molecular weight is 221 g/mol. The lowest BCUT2D eigenvalue weighted by Crippen LogP contribution is -2.66. The first-order chi connectivity index (χ1) is 7.72. The largest absolute Gasteiger partial charge is 0.479 e. The zero-order valence-electron chi connectivity index (χ0n) is 9.27. The summed E-state index contributed by atoms with van der Waals surface area (Å²) < 4.78 is 10.3. The third-order valence-corrected chi connectivity index (χ3v) is 3.26. The fourth-order valence-electron chi connectivity index (χ4n) is 2.28. The van der Waals surface area contributed by atoms with Crippen molar-refractivity contribution in [1.29, 1.82) is 0 Å². The van der Waals surface area contributed by atoms with E-state index in [2.05, 4.69) is 9.88 Å². The predicted molar refractivity (Wildman–Crippen MR) is 60.7 cm³/mol. The zero-order chi connectivity index (χ0) is 11.2. The molecule has 2 saturated heterocycles. The highest BCUT2D eigenvalue weighted by atomic mass is 16.5. The maximum atomic E-state index is 5.72. The van der Waals surface area contributed by atoms with Gasteiger partial charge in [-0.15, -0.1) is 0 Å². The molecule has 0 amide bonds. The topological polar surface area (TPSA) is 60.6 Å². The summed E-state index contributed by atoms with van der Waals surface area (Å²) in [4.78, 5) is 6.60. The van der Waals surface area contributed by atoms with Gasteiger partial charge in [-0.2, -0.15) is 4.98 Å². The first-order valence-electron chi connectivity index (χ1n) is 5.36. The van der Waals surface area contributed by atoms with E-state index in [1.165, 1.54) is 0 Å². The van der Waals surface area contributed by atoms with Crippen molar-refractivity contribution in [2.45, 2.75) is 0 Å². The van der Waals surface area contributed by atoms with Crippen LogP contribution < -0.4 is 15.4 Å². The van der Waals surface area contributed by atoms with Crippen LogP contribution in [0.1, 0.15) is 0 Å². The lowest BCUT2D eigenvalue weighted by molar-refractivity contribution is -0.127. The molecule has 1 spiro atoms. The number of ether oxygens (including phenoxy) is 2. The highest BCUT2D eigenvalue weighted by molar-refractivity contribution is 5.55. The van der Waals surface area contributed by atoms with E-state index in [0.717, 1.165) is 32.1 Å². The van der Waals surface area contributed by atoms with Crippen molar-refractivity contribution in [3.63, 3.8) is 0 Å². The van der Waals surface area contributed by atoms with Crippen molar-refractivity contribution in [3.8, 4) is 5.88 Å². The SMILES string of the molecule is COc1nc(N2CC3(COC3)C2)ccc1N. The lowest BCUT2D eigenvalue weighted by Gasteiger charge is -2.55. The molecule has 0 unspecified atom stereocenters. The minimum absolute atomic E-state index is 0.399. The molecule has 0 bridgehead atoms. The van der Waals surface area contributed by atoms with E-state index in [-0.39, 0.29) is 0 Å². The van der Waals surface area contributed by atoms with Crippen LogP contribution in [0.25, 0.3) is 0 Å². The van der Waals surface area contributed by atoms with Crippen LogP contribution in [0.4, 0.5) is 11.5 Å². The Labute approximate surface area is 94.2 Å². The van der Waals surface area contributed by atoms with E-state index >= 15 is 0 Å². The number of nitrogens with two attached hydrogens (primary N) is 1. The smallest absolute Gasteiger partial charge is 0.238 e. The lowest BCUT2D eigenvalue weighted by atomic mass is 9.78. The third kappa shape index (κ3) is 1.31. The van der Waals surface area contributed by atoms with Gasteiger partial charge in [0.2, 0.25) is 5.88 Å². The van der Waals surface area contributed by atoms with E-state index in [9.17, 15) is 0 Å². The van der Waals surface area contributed by atoms with Crippen molar-refractivity contribution >= 4 is 11.5 Å². The normalized spacial score (nSPS) is 21.4. The van der Waals surface area contributed by atoms with Gasteiger partial charge in [0.1, 0.15) is 5.82 Å². The van der Waals surface area contributed by atoms with Gasteiger partial charge in [-0.25, -0.2) is 0 Å². The molecule has 1 aromatic rings. The van der Waals surface area contributed by atoms with Crippen LogP contribution in [0.15, 0.2) is 12.1 Å². The van der Waals surface area contributed by atoms with Crippen molar-refractivity contribution in [2.24, 2.45) is 5.41 Å². The van der Waals surface area contributed by atoms with Gasteiger partial charge in [-0.05, 0) is 12.1 Å². The van der Waals surface area contributed by atoms with Gasteiger partial charge in [-0.3, -0.25) is 0 Å². The number of anilines is 2. The molecule has 0 radical (unpaired) electrons. The number of nitrogens with zero attached hydrogens (tertiary/aromatic N) is 2. The number of aromatic nitrogens is 1. The van der Waals surface area contributed by atoms with Crippen molar-refractivity contribution < 1.29 is 9.47 Å². The Balaban J connectivity index is 1.75. The van der Waals surface area contributed by atoms with Gasteiger partial charge in [0, 0.05) is 13.1 Å². The zero-order valence-corrected chi connectivity index (χ0v) is 9.27. The molecule has 0 atom stereocenters. The summed E-state index contributed by atoms with van der Waals surface area (Å²) in [5.74, 6) is 1.44. The molecule has 5 nitrogen and oxygen atoms in total. The molecule has 0 saturated carbocycles. The number of hydrogen-bond donors (Lipinski definition) is 1. The number of hydrogen-bond acceptors (Lipinski definition) is 5. The minimum atomic E-state index is 0.399. The van der Waals surface area contributed by atoms with E-state index in [1.807, 2.05) is 12.1 Å². The molecule has 1 aromatic heterocycles. The summed E-state index contributed by atoms with van der Waals surface area (Å²) in [7, 11) is 1.58. The van der Waals surface area contributed by atoms with Gasteiger partial charge < -0.3 is 20.1 Å². The Morgan fingerprint density at radius 3 is 2.75 bits per heavy atom. The fraction of sp³-hybridized carbons (Fsp3) is 0.545. The first kappa shape index (κ1) is 9.72. The van der Waals surface area contributed by atoms with Crippen LogP contribution in [0, 0.1) is 5.41 Å². The third-order valence-electron chi connectivity index (χ3n) is 3.26. The van der Waals surface area contributed by atoms with Crippen LogP contribution >= 0.6 is 0 Å². The van der Waals surface area contributed by atoms with E-state index in [1.54, 1.807) is 7.11 Å². The van der Waals surface area contributed by atoms with Crippen molar-refractivity contribution in [3.05, 3.63) is 12.1 Å². The van der Waals surface area contributed by atoms with Crippen LogP contribution in [-0.4, -0.2) is 38.4 Å². The van der Waals surface area contributed by atoms with Crippen LogP contribution in [-0.2, 0) is 4.74 Å². The molecule has 2 aliphatic rings. The molecule has 2 fully saturated rings. The van der Waals surface area contributed by atoms with E-state index in [4.69, 9.17) is 15.2 Å². The molecule has 5 heteroatoms. The second-order valence-electron chi connectivity index (χ2n) is 4.62. The molecule has 0 aliphatic carbocycles. The highest BCUT2D eigenvalue weighted by Crippen LogP contribution is 2.40. The molecule has 2 aliphatic heterocycles. The Kier molecular flexibility index (Phi) is 1.97. The van der Waals surface area contributed by atoms with Crippen molar-refractivity contribution in [2.75, 3.05) is 44.0 Å². The van der Waals surface area contributed by atoms with Crippen LogP contribution in [0.5, 0.6) is 5.88 Å². The van der Waals surface area contributed by atoms with E-state index < -0.39 is 0 Å². The quantitative estimate of drug-likeness (QED) is 0.788. The molecule has 86 valence electrons. The maximum absolute atomic E-state index is 5.72. The van der Waals surface area contributed by atoms with Gasteiger partial charge in [0.15, 0.2) is 0 Å². The molecule has 16 heavy (non-hydrogen) atoms. The number of rotatable bonds is 2. The predicted octanol–water partition coefficient (Wildman–Crippen LogP) is 0.509. The molecule has 3 heterocycles. The maximum Gasteiger partial charge on any atom is 0.238 e. The molecule has 0 aromatic carbocycles. The highest BCUT2D eigenvalue weighted by Gasteiger charge is 2.49. The summed E-state index contributed by atoms with van der Waals surface area (Å²) >= 11 is 0. The van der Waals surface area contributed by atoms with E-state index in [0.29, 0.717) is 17.0 Å². The first-order valence-corrected chi connectivity index (χ1v) is 5.36. The van der Waals surface area contributed by atoms with Crippen LogP contribution in [0.2, 0.25) is 0 Å². The fourth-order valence-corrected chi connectivity index (χ4v) is 2.28. The summed E-state index contributed by atoms with van der Waals surface area (Å²) in [5.41, 5.74) is 6.70. The van der Waals surface area contributed by atoms with Crippen molar-refractivity contribution in [1.82, 2.24) is 4.98 Å². The van der Waals surface area contributed by atoms with Gasteiger partial charge in [-0.1, -0.05) is 0 Å². The Bertz CT molecular complexity index is 410. The Morgan fingerprint density at radius 2 is 2.19 bits per heavy atom. The summed E-state index contributed by atoms with van der Waals surface area (Å²) in [6.45, 7) is 3.81. The summed E-state index contributed by atoms with van der Waals surface area (Å²) in [5, 5.41) is 0. The van der Waals surface area contributed by atoms with Gasteiger partial charge >= 0.3 is 0 Å². The Morgan fingerprint density at radius 1 is 1.44 bits per heavy atom. The molecular formula is C11H15N3O2.